The van der Waals surface area contributed by atoms with Crippen LogP contribution in [-0.4, -0.2) is 17.4 Å². The first kappa shape index (κ1) is 15.0. The van der Waals surface area contributed by atoms with Gasteiger partial charge in [0.2, 0.25) is 5.91 Å². The number of benzene rings is 1. The highest BCUT2D eigenvalue weighted by molar-refractivity contribution is 5.96. The Morgan fingerprint density at radius 1 is 1.32 bits per heavy atom. The van der Waals surface area contributed by atoms with E-state index in [1.807, 2.05) is 6.92 Å². The molecule has 0 aromatic heterocycles. The fourth-order valence-corrected chi connectivity index (χ4v) is 3.81. The number of hydrogen-bond acceptors (Lipinski definition) is 3. The predicted octanol–water partition coefficient (Wildman–Crippen LogP) is 3.70. The van der Waals surface area contributed by atoms with Crippen molar-refractivity contribution in [2.24, 2.45) is 11.8 Å². The van der Waals surface area contributed by atoms with Crippen LogP contribution in [0.5, 0.6) is 0 Å². The lowest BCUT2D eigenvalue weighted by atomic mass is 9.90. The summed E-state index contributed by atoms with van der Waals surface area (Å²) in [6.07, 6.45) is 6.49. The molecule has 1 aliphatic carbocycles. The van der Waals surface area contributed by atoms with E-state index in [0.717, 1.165) is 36.9 Å². The molecule has 1 saturated carbocycles. The number of hydrogen-bond donors (Lipinski definition) is 0. The van der Waals surface area contributed by atoms with Gasteiger partial charge < -0.3 is 4.90 Å². The third-order valence-electron chi connectivity index (χ3n) is 5.16. The third kappa shape index (κ3) is 2.72. The van der Waals surface area contributed by atoms with Crippen molar-refractivity contribution < 1.29 is 9.72 Å². The van der Waals surface area contributed by atoms with E-state index in [9.17, 15) is 14.9 Å². The van der Waals surface area contributed by atoms with Crippen LogP contribution in [0.4, 0.5) is 11.4 Å². The number of nitro benzene ring substituents is 1. The molecule has 0 saturated heterocycles. The lowest BCUT2D eigenvalue weighted by Crippen LogP contribution is -2.40. The molecule has 0 N–H and O–H groups in total. The molecule has 1 fully saturated rings. The second-order valence-corrected chi connectivity index (χ2v) is 6.50. The van der Waals surface area contributed by atoms with Crippen LogP contribution in [0.3, 0.4) is 0 Å². The molecule has 0 radical (unpaired) electrons. The van der Waals surface area contributed by atoms with Crippen molar-refractivity contribution in [3.8, 4) is 0 Å². The van der Waals surface area contributed by atoms with Crippen molar-refractivity contribution in [3.05, 3.63) is 33.9 Å². The SMILES string of the molecule is CC(C(=O)N1CCCc2ccc([N+](=O)[O-])cc21)C1CCCC1. The highest BCUT2D eigenvalue weighted by Gasteiger charge is 2.33. The number of carbonyl (C=O) groups is 1. The Hall–Kier alpha value is -1.91. The summed E-state index contributed by atoms with van der Waals surface area (Å²) in [5, 5.41) is 11.0. The number of non-ortho nitro benzene ring substituents is 1. The van der Waals surface area contributed by atoms with Gasteiger partial charge in [0.25, 0.3) is 5.69 Å². The Bertz CT molecular complexity index is 594. The van der Waals surface area contributed by atoms with E-state index in [4.69, 9.17) is 0 Å². The van der Waals surface area contributed by atoms with Gasteiger partial charge >= 0.3 is 0 Å². The van der Waals surface area contributed by atoms with Gasteiger partial charge in [-0.05, 0) is 37.2 Å². The van der Waals surface area contributed by atoms with Crippen LogP contribution >= 0.6 is 0 Å². The fraction of sp³-hybridized carbons (Fsp3) is 0.588. The zero-order valence-electron chi connectivity index (χ0n) is 13.0. The number of nitro groups is 1. The number of fused-ring (bicyclic) bond motifs is 1. The third-order valence-corrected chi connectivity index (χ3v) is 5.16. The van der Waals surface area contributed by atoms with E-state index in [0.29, 0.717) is 12.5 Å². The average Bonchev–Trinajstić information content (AvgIpc) is 3.06. The van der Waals surface area contributed by atoms with Gasteiger partial charge in [0.15, 0.2) is 0 Å². The molecule has 0 bridgehead atoms. The van der Waals surface area contributed by atoms with Crippen LogP contribution < -0.4 is 4.90 Å². The van der Waals surface area contributed by atoms with E-state index >= 15 is 0 Å². The average molecular weight is 302 g/mol. The van der Waals surface area contributed by atoms with Gasteiger partial charge in [0, 0.05) is 24.6 Å². The Balaban J connectivity index is 1.88. The number of nitrogens with zero attached hydrogens (tertiary/aromatic N) is 2. The van der Waals surface area contributed by atoms with E-state index < -0.39 is 4.92 Å². The lowest BCUT2D eigenvalue weighted by Gasteiger charge is -2.32. The minimum Gasteiger partial charge on any atom is -0.312 e. The zero-order chi connectivity index (χ0) is 15.7. The molecular formula is C17H22N2O3. The fourth-order valence-electron chi connectivity index (χ4n) is 3.81. The quantitative estimate of drug-likeness (QED) is 0.631. The van der Waals surface area contributed by atoms with Crippen molar-refractivity contribution in [2.75, 3.05) is 11.4 Å². The monoisotopic (exact) mass is 302 g/mol. The molecule has 1 amide bonds. The summed E-state index contributed by atoms with van der Waals surface area (Å²) in [5.74, 6) is 0.609. The van der Waals surface area contributed by atoms with Crippen LogP contribution in [-0.2, 0) is 11.2 Å². The van der Waals surface area contributed by atoms with Gasteiger partial charge in [0.1, 0.15) is 0 Å². The topological polar surface area (TPSA) is 63.5 Å². The molecule has 1 atom stereocenters. The maximum absolute atomic E-state index is 12.9. The maximum atomic E-state index is 12.9. The minimum atomic E-state index is -0.391. The van der Waals surface area contributed by atoms with E-state index in [1.54, 1.807) is 17.0 Å². The van der Waals surface area contributed by atoms with Crippen molar-refractivity contribution >= 4 is 17.3 Å². The van der Waals surface area contributed by atoms with Crippen molar-refractivity contribution in [2.45, 2.75) is 45.4 Å². The summed E-state index contributed by atoms with van der Waals surface area (Å²) in [6.45, 7) is 2.69. The van der Waals surface area contributed by atoms with E-state index in [-0.39, 0.29) is 17.5 Å². The minimum absolute atomic E-state index is 0.00714. The van der Waals surface area contributed by atoms with Crippen LogP contribution in [0.1, 0.15) is 44.6 Å². The Kier molecular flexibility index (Phi) is 4.14. The summed E-state index contributed by atoms with van der Waals surface area (Å²) in [6, 6.07) is 4.90. The maximum Gasteiger partial charge on any atom is 0.271 e. The van der Waals surface area contributed by atoms with Crippen LogP contribution in [0, 0.1) is 22.0 Å². The number of carbonyl (C=O) groups excluding carboxylic acids is 1. The van der Waals surface area contributed by atoms with Gasteiger partial charge in [-0.15, -0.1) is 0 Å². The Morgan fingerprint density at radius 3 is 2.73 bits per heavy atom. The standard InChI is InChI=1S/C17H22N2O3/c1-12(13-5-2-3-6-13)17(20)18-10-4-7-14-8-9-15(19(21)22)11-16(14)18/h8-9,11-13H,2-7,10H2,1H3. The smallest absolute Gasteiger partial charge is 0.271 e. The number of anilines is 1. The predicted molar refractivity (Wildman–Crippen MR) is 84.9 cm³/mol. The zero-order valence-corrected chi connectivity index (χ0v) is 13.0. The molecule has 1 heterocycles. The molecule has 1 aromatic rings. The van der Waals surface area contributed by atoms with Crippen LogP contribution in [0.25, 0.3) is 0 Å². The molecule has 2 aliphatic rings. The van der Waals surface area contributed by atoms with Crippen LogP contribution in [0.15, 0.2) is 18.2 Å². The van der Waals surface area contributed by atoms with Gasteiger partial charge in [-0.1, -0.05) is 25.8 Å². The van der Waals surface area contributed by atoms with Crippen molar-refractivity contribution in [1.82, 2.24) is 0 Å². The molecule has 1 aromatic carbocycles. The first-order chi connectivity index (χ1) is 10.6. The van der Waals surface area contributed by atoms with Gasteiger partial charge in [0.05, 0.1) is 10.6 Å². The summed E-state index contributed by atoms with van der Waals surface area (Å²) in [5.41, 5.74) is 1.85. The Labute approximate surface area is 130 Å². The van der Waals surface area contributed by atoms with Gasteiger partial charge in [-0.25, -0.2) is 0 Å². The first-order valence-electron chi connectivity index (χ1n) is 8.16. The molecular weight excluding hydrogens is 280 g/mol. The molecule has 1 unspecified atom stereocenters. The largest absolute Gasteiger partial charge is 0.312 e. The Morgan fingerprint density at radius 2 is 2.05 bits per heavy atom. The molecule has 5 heteroatoms. The normalized spacial score (nSPS) is 19.8. The van der Waals surface area contributed by atoms with Crippen molar-refractivity contribution in [3.63, 3.8) is 0 Å². The summed E-state index contributed by atoms with van der Waals surface area (Å²) in [4.78, 5) is 25.3. The second-order valence-electron chi connectivity index (χ2n) is 6.50. The van der Waals surface area contributed by atoms with Gasteiger partial charge in [-0.3, -0.25) is 14.9 Å². The lowest BCUT2D eigenvalue weighted by molar-refractivity contribution is -0.384. The number of aryl methyl sites for hydroxylation is 1. The molecule has 0 spiro atoms. The molecule has 5 nitrogen and oxygen atoms in total. The first-order valence-corrected chi connectivity index (χ1v) is 8.16. The number of amides is 1. The molecule has 22 heavy (non-hydrogen) atoms. The highest BCUT2D eigenvalue weighted by atomic mass is 16.6. The molecule has 3 rings (SSSR count). The van der Waals surface area contributed by atoms with E-state index in [1.165, 1.54) is 18.9 Å². The highest BCUT2D eigenvalue weighted by Crippen LogP contribution is 2.36. The summed E-state index contributed by atoms with van der Waals surface area (Å²) in [7, 11) is 0. The van der Waals surface area contributed by atoms with E-state index in [2.05, 4.69) is 0 Å². The van der Waals surface area contributed by atoms with Crippen LogP contribution in [0.2, 0.25) is 0 Å². The summed E-state index contributed by atoms with van der Waals surface area (Å²) >= 11 is 0. The molecule has 118 valence electrons. The number of rotatable bonds is 3. The van der Waals surface area contributed by atoms with Gasteiger partial charge in [-0.2, -0.15) is 0 Å². The van der Waals surface area contributed by atoms with Crippen molar-refractivity contribution in [1.29, 1.82) is 0 Å². The summed E-state index contributed by atoms with van der Waals surface area (Å²) < 4.78 is 0. The molecule has 1 aliphatic heterocycles. The second kappa shape index (κ2) is 6.07.